The Hall–Kier alpha value is -3.47. The summed E-state index contributed by atoms with van der Waals surface area (Å²) in [6, 6.07) is 4.34. The molecule has 152 valence electrons. The Labute approximate surface area is 162 Å². The van der Waals surface area contributed by atoms with Gasteiger partial charge in [0.25, 0.3) is 5.95 Å². The van der Waals surface area contributed by atoms with E-state index in [2.05, 4.69) is 25.4 Å². The number of benzene rings is 2. The summed E-state index contributed by atoms with van der Waals surface area (Å²) in [7, 11) is -8.54. The molecule has 7 N–H and O–H groups in total. The zero-order chi connectivity index (χ0) is 21.6. The first-order valence-corrected chi connectivity index (χ1v) is 10.4. The van der Waals surface area contributed by atoms with E-state index in [1.165, 1.54) is 6.07 Å². The van der Waals surface area contributed by atoms with Crippen LogP contribution in [-0.2, 0) is 20.0 Å². The van der Waals surface area contributed by atoms with Crippen LogP contribution in [0.2, 0.25) is 0 Å². The Morgan fingerprint density at radius 3 is 2.31 bits per heavy atom. The van der Waals surface area contributed by atoms with Crippen LogP contribution in [-0.4, -0.2) is 48.2 Å². The van der Waals surface area contributed by atoms with E-state index < -0.39 is 54.1 Å². The van der Waals surface area contributed by atoms with Gasteiger partial charge in [-0.3, -0.25) is 5.10 Å². The normalized spacial score (nSPS) is 12.6. The number of sulfonamides is 2. The number of carboxylic acid groups (broad SMARTS) is 1. The maximum atomic E-state index is 11.8. The van der Waals surface area contributed by atoms with Gasteiger partial charge in [-0.2, -0.15) is 4.98 Å². The number of fused-ring (bicyclic) bond motifs is 1. The van der Waals surface area contributed by atoms with E-state index in [4.69, 9.17) is 15.4 Å². The minimum absolute atomic E-state index is 0.0218. The summed E-state index contributed by atoms with van der Waals surface area (Å²) in [4.78, 5) is 13.2. The van der Waals surface area contributed by atoms with E-state index in [-0.39, 0.29) is 15.7 Å². The Kier molecular flexibility index (Phi) is 4.79. The molecular weight excluding hydrogens is 430 g/mol. The molecule has 3 aromatic rings. The summed E-state index contributed by atoms with van der Waals surface area (Å²) >= 11 is 0. The zero-order valence-electron chi connectivity index (χ0n) is 14.0. The molecule has 29 heavy (non-hydrogen) atoms. The highest BCUT2D eigenvalue weighted by Crippen LogP contribution is 2.41. The fourth-order valence-electron chi connectivity index (χ4n) is 2.31. The van der Waals surface area contributed by atoms with E-state index in [1.54, 1.807) is 0 Å². The Bertz CT molecular complexity index is 1390. The average Bonchev–Trinajstić information content (AvgIpc) is 3.07. The molecule has 0 unspecified atom stereocenters. The lowest BCUT2D eigenvalue weighted by Gasteiger charge is -2.10. The molecule has 3 rings (SSSR count). The van der Waals surface area contributed by atoms with Crippen LogP contribution in [0.15, 0.2) is 44.3 Å². The second-order valence-corrected chi connectivity index (χ2v) is 8.63. The van der Waals surface area contributed by atoms with Gasteiger partial charge in [-0.05, 0) is 23.6 Å². The molecule has 0 fully saturated rings. The summed E-state index contributed by atoms with van der Waals surface area (Å²) in [6.07, 6.45) is 0. The third-order valence-corrected chi connectivity index (χ3v) is 5.41. The molecule has 1 heterocycles. The Morgan fingerprint density at radius 2 is 1.76 bits per heavy atom. The van der Waals surface area contributed by atoms with Crippen molar-refractivity contribution in [3.8, 4) is 5.75 Å². The summed E-state index contributed by atoms with van der Waals surface area (Å²) in [5.74, 6) is -3.21. The van der Waals surface area contributed by atoms with Crippen molar-refractivity contribution in [3.05, 3.63) is 30.1 Å². The summed E-state index contributed by atoms with van der Waals surface area (Å²) in [5.41, 5.74) is -0.394. The SMILES string of the molecule is NS(=O)(=O)c1ccc2c(/N=N/c3n[nH]c(C(=O)O)n3)c(O)c(S(N)(=O)=O)cc2c1. The van der Waals surface area contributed by atoms with Crippen molar-refractivity contribution < 1.29 is 31.8 Å². The van der Waals surface area contributed by atoms with Crippen molar-refractivity contribution in [2.45, 2.75) is 9.79 Å². The van der Waals surface area contributed by atoms with Crippen LogP contribution in [0.3, 0.4) is 0 Å². The first-order valence-electron chi connectivity index (χ1n) is 7.30. The van der Waals surface area contributed by atoms with Crippen LogP contribution < -0.4 is 10.3 Å². The number of nitrogens with one attached hydrogen (secondary N) is 1. The van der Waals surface area contributed by atoms with Crippen molar-refractivity contribution in [2.75, 3.05) is 0 Å². The number of carbonyl (C=O) groups is 1. The standard InChI is InChI=1S/C13H11N7O7S2/c14-28(24,25)6-1-2-7-5(3-6)4-8(29(15,26)27)10(21)9(7)17-19-13-16-11(12(22)23)18-20-13/h1-4,21H,(H,22,23)(H2,14,24,25)(H2,15,26,27)(H,16,18,20)/b19-17+. The van der Waals surface area contributed by atoms with E-state index in [0.717, 1.165) is 18.2 Å². The van der Waals surface area contributed by atoms with Crippen LogP contribution in [0.5, 0.6) is 5.75 Å². The largest absolute Gasteiger partial charge is 0.504 e. The zero-order valence-corrected chi connectivity index (χ0v) is 15.6. The van der Waals surface area contributed by atoms with Crippen molar-refractivity contribution in [1.82, 2.24) is 15.2 Å². The number of aromatic carboxylic acids is 1. The highest BCUT2D eigenvalue weighted by Gasteiger charge is 2.22. The average molecular weight is 441 g/mol. The second kappa shape index (κ2) is 6.85. The van der Waals surface area contributed by atoms with E-state index in [1.807, 2.05) is 0 Å². The summed E-state index contributed by atoms with van der Waals surface area (Å²) < 4.78 is 46.7. The van der Waals surface area contributed by atoms with Gasteiger partial charge in [0.15, 0.2) is 5.75 Å². The third kappa shape index (κ3) is 4.04. The number of hydrogen-bond acceptors (Lipinski definition) is 10. The molecule has 16 heteroatoms. The minimum atomic E-state index is -4.43. The molecule has 2 aromatic carbocycles. The number of H-pyrrole nitrogens is 1. The number of nitrogens with two attached hydrogens (primary N) is 2. The fourth-order valence-corrected chi connectivity index (χ4v) is 3.52. The monoisotopic (exact) mass is 441 g/mol. The van der Waals surface area contributed by atoms with Crippen molar-refractivity contribution in [1.29, 1.82) is 0 Å². The van der Waals surface area contributed by atoms with Gasteiger partial charge < -0.3 is 10.2 Å². The first kappa shape index (κ1) is 20.3. The van der Waals surface area contributed by atoms with Gasteiger partial charge in [-0.25, -0.2) is 31.9 Å². The summed E-state index contributed by atoms with van der Waals surface area (Å²) in [5, 5.41) is 42.2. The van der Waals surface area contributed by atoms with Crippen molar-refractivity contribution in [3.63, 3.8) is 0 Å². The number of hydrogen-bond donors (Lipinski definition) is 5. The van der Waals surface area contributed by atoms with Crippen LogP contribution in [0, 0.1) is 0 Å². The molecule has 0 bridgehead atoms. The maximum absolute atomic E-state index is 11.8. The number of aromatic nitrogens is 3. The van der Waals surface area contributed by atoms with Crippen molar-refractivity contribution in [2.24, 2.45) is 20.5 Å². The molecule has 0 radical (unpaired) electrons. The first-order chi connectivity index (χ1) is 13.4. The summed E-state index contributed by atoms with van der Waals surface area (Å²) in [6.45, 7) is 0. The maximum Gasteiger partial charge on any atom is 0.373 e. The Morgan fingerprint density at radius 1 is 1.07 bits per heavy atom. The van der Waals surface area contributed by atoms with E-state index >= 15 is 0 Å². The predicted octanol–water partition coefficient (Wildman–Crippen LogP) is 0.0719. The number of rotatable bonds is 5. The molecule has 0 aliphatic carbocycles. The molecule has 0 amide bonds. The number of aromatic hydroxyl groups is 1. The number of aromatic amines is 1. The molecule has 0 aliphatic rings. The quantitative estimate of drug-likeness (QED) is 0.336. The topological polar surface area (TPSA) is 244 Å². The second-order valence-electron chi connectivity index (χ2n) is 5.53. The van der Waals surface area contributed by atoms with Gasteiger partial charge >= 0.3 is 5.97 Å². The molecule has 0 spiro atoms. The Balaban J connectivity index is 2.26. The number of primary sulfonamides is 2. The highest BCUT2D eigenvalue weighted by molar-refractivity contribution is 7.89. The van der Waals surface area contributed by atoms with Gasteiger partial charge in [-0.15, -0.1) is 15.3 Å². The number of carboxylic acids is 1. The number of phenolic OH excluding ortho intramolecular Hbond substituents is 1. The van der Waals surface area contributed by atoms with Gasteiger partial charge in [0.1, 0.15) is 10.6 Å². The lowest BCUT2D eigenvalue weighted by atomic mass is 10.1. The number of nitrogens with zero attached hydrogens (tertiary/aromatic N) is 4. The fraction of sp³-hybridized carbons (Fsp3) is 0. The van der Waals surface area contributed by atoms with E-state index in [0.29, 0.717) is 0 Å². The molecule has 0 atom stereocenters. The lowest BCUT2D eigenvalue weighted by molar-refractivity contribution is 0.0684. The molecule has 1 aromatic heterocycles. The van der Waals surface area contributed by atoms with E-state index in [9.17, 15) is 26.7 Å². The van der Waals surface area contributed by atoms with Crippen LogP contribution >= 0.6 is 0 Å². The smallest absolute Gasteiger partial charge is 0.373 e. The highest BCUT2D eigenvalue weighted by atomic mass is 32.2. The predicted molar refractivity (Wildman–Crippen MR) is 95.9 cm³/mol. The molecule has 0 aliphatic heterocycles. The third-order valence-electron chi connectivity index (χ3n) is 3.57. The van der Waals surface area contributed by atoms with Gasteiger partial charge in [0.05, 0.1) is 4.90 Å². The van der Waals surface area contributed by atoms with Crippen molar-refractivity contribution >= 4 is 48.4 Å². The molecule has 0 saturated carbocycles. The minimum Gasteiger partial charge on any atom is -0.504 e. The molecular formula is C13H11N7O7S2. The number of phenols is 1. The van der Waals surface area contributed by atoms with Crippen LogP contribution in [0.4, 0.5) is 11.6 Å². The molecule has 0 saturated heterocycles. The number of azo groups is 1. The van der Waals surface area contributed by atoms with Gasteiger partial charge in [0, 0.05) is 5.39 Å². The molecule has 14 nitrogen and oxygen atoms in total. The van der Waals surface area contributed by atoms with Crippen LogP contribution in [0.1, 0.15) is 10.6 Å². The lowest BCUT2D eigenvalue weighted by Crippen LogP contribution is -2.13. The van der Waals surface area contributed by atoms with Crippen LogP contribution in [0.25, 0.3) is 10.8 Å². The van der Waals surface area contributed by atoms with Gasteiger partial charge in [0.2, 0.25) is 25.9 Å². The van der Waals surface area contributed by atoms with Gasteiger partial charge in [-0.1, -0.05) is 6.07 Å².